The first kappa shape index (κ1) is 37.7. The minimum absolute atomic E-state index is 0.0467. The van der Waals surface area contributed by atoms with Crippen LogP contribution in [0.4, 0.5) is 5.82 Å². The van der Waals surface area contributed by atoms with Crippen LogP contribution in [0.1, 0.15) is 19.6 Å². The summed E-state index contributed by atoms with van der Waals surface area (Å²) in [6, 6.07) is 1.22. The van der Waals surface area contributed by atoms with E-state index in [9.17, 15) is 49.7 Å². The van der Waals surface area contributed by atoms with Crippen LogP contribution in [-0.2, 0) is 37.4 Å². The zero-order valence-electron chi connectivity index (χ0n) is 24.4. The molecule has 0 amide bonds. The summed E-state index contributed by atoms with van der Waals surface area (Å²) >= 11 is 1.20. The third-order valence-electron chi connectivity index (χ3n) is 7.18. The molecular weight excluding hydrogens is 649 g/mol. The molecule has 1 aromatic heterocycles. The molecule has 21 heteroatoms. The Balaban J connectivity index is 1.64. The van der Waals surface area contributed by atoms with Gasteiger partial charge in [-0.15, -0.1) is 0 Å². The number of carboxylic acids is 1. The molecule has 0 spiro atoms. The maximum Gasteiger partial charge on any atom is 0.351 e. The van der Waals surface area contributed by atoms with E-state index in [1.54, 1.807) is 0 Å². The first-order valence-corrected chi connectivity index (χ1v) is 16.3. The molecule has 3 heterocycles. The number of nitrogen functional groups attached to an aromatic ring is 1. The average Bonchev–Trinajstić information content (AvgIpc) is 3.25. The van der Waals surface area contributed by atoms with Crippen molar-refractivity contribution in [2.45, 2.75) is 68.1 Å². The zero-order valence-corrected chi connectivity index (χ0v) is 26.1. The smallest absolute Gasteiger partial charge is 0.351 e. The second-order valence-electron chi connectivity index (χ2n) is 10.4. The Hall–Kier alpha value is -1.75. The fraction of sp³-hybridized carbons (Fsp3) is 0.792. The van der Waals surface area contributed by atoms with Crippen LogP contribution < -0.4 is 21.4 Å². The van der Waals surface area contributed by atoms with Gasteiger partial charge >= 0.3 is 5.69 Å². The predicted octanol–water partition coefficient (Wildman–Crippen LogP) is -4.70. The van der Waals surface area contributed by atoms with Crippen molar-refractivity contribution >= 4 is 31.4 Å². The molecule has 2 aliphatic heterocycles. The van der Waals surface area contributed by atoms with E-state index in [2.05, 4.69) is 4.98 Å². The number of hydrogen-bond acceptors (Lipinski definition) is 19. The van der Waals surface area contributed by atoms with Gasteiger partial charge in [-0.3, -0.25) is 13.7 Å². The molecule has 258 valence electrons. The normalized spacial score (nSPS) is 33.0. The Morgan fingerprint density at radius 2 is 2.00 bits per heavy atom. The maximum absolute atomic E-state index is 12.8. The van der Waals surface area contributed by atoms with Crippen molar-refractivity contribution in [1.29, 1.82) is 0 Å². The summed E-state index contributed by atoms with van der Waals surface area (Å²) in [5, 5.41) is 64.8. The third-order valence-corrected chi connectivity index (χ3v) is 9.20. The van der Waals surface area contributed by atoms with Gasteiger partial charge in [-0.25, -0.2) is 4.79 Å². The van der Waals surface area contributed by atoms with E-state index in [4.69, 9.17) is 33.7 Å². The summed E-state index contributed by atoms with van der Waals surface area (Å²) in [6.45, 7) is 1.46. The van der Waals surface area contributed by atoms with E-state index in [1.807, 2.05) is 0 Å². The summed E-state index contributed by atoms with van der Waals surface area (Å²) < 4.78 is 44.0. The largest absolute Gasteiger partial charge is 0.756 e. The first-order chi connectivity index (χ1) is 21.1. The van der Waals surface area contributed by atoms with Crippen LogP contribution >= 0.6 is 19.6 Å². The topological polar surface area (TPSA) is 298 Å². The Kier molecular flexibility index (Phi) is 13.7. The number of nitrogens with two attached hydrogens (primary N) is 1. The Morgan fingerprint density at radius 1 is 1.29 bits per heavy atom. The molecule has 0 bridgehead atoms. The van der Waals surface area contributed by atoms with Gasteiger partial charge in [-0.2, -0.15) is 16.7 Å². The molecule has 7 N–H and O–H groups in total. The van der Waals surface area contributed by atoms with Gasteiger partial charge in [0.25, 0.3) is 7.82 Å². The fourth-order valence-electron chi connectivity index (χ4n) is 4.64. The number of aliphatic hydroxyl groups is 5. The number of phosphoric acid groups is 1. The Morgan fingerprint density at radius 3 is 2.64 bits per heavy atom. The lowest BCUT2D eigenvalue weighted by Crippen LogP contribution is -2.64. The lowest BCUT2D eigenvalue weighted by Gasteiger charge is -2.49. The lowest BCUT2D eigenvalue weighted by atomic mass is 9.85. The van der Waals surface area contributed by atoms with Crippen LogP contribution in [0.3, 0.4) is 0 Å². The van der Waals surface area contributed by atoms with Crippen LogP contribution in [0.25, 0.3) is 0 Å². The van der Waals surface area contributed by atoms with E-state index in [-0.39, 0.29) is 11.6 Å². The molecular formula is C24H38N3O16PS-2. The molecule has 2 saturated heterocycles. The van der Waals surface area contributed by atoms with Gasteiger partial charge in [-0.05, 0) is 6.07 Å². The Labute approximate surface area is 261 Å². The van der Waals surface area contributed by atoms with Crippen molar-refractivity contribution < 1.29 is 72.9 Å². The summed E-state index contributed by atoms with van der Waals surface area (Å²) in [4.78, 5) is 40.5. The molecule has 3 rings (SSSR count). The molecule has 45 heavy (non-hydrogen) atoms. The predicted molar refractivity (Wildman–Crippen MR) is 148 cm³/mol. The van der Waals surface area contributed by atoms with Crippen LogP contribution in [0, 0.1) is 5.92 Å². The molecule has 1 aromatic rings. The summed E-state index contributed by atoms with van der Waals surface area (Å²) in [5.74, 6) is -6.14. The number of rotatable bonds is 17. The molecule has 19 nitrogen and oxygen atoms in total. The molecule has 2 aliphatic rings. The van der Waals surface area contributed by atoms with E-state index in [1.165, 1.54) is 31.9 Å². The Bertz CT molecular complexity index is 1230. The molecule has 2 fully saturated rings. The van der Waals surface area contributed by atoms with Crippen LogP contribution in [0.2, 0.25) is 0 Å². The van der Waals surface area contributed by atoms with Crippen molar-refractivity contribution in [1.82, 2.24) is 9.55 Å². The van der Waals surface area contributed by atoms with Gasteiger partial charge in [0.2, 0.25) is 5.79 Å². The number of aromatic nitrogens is 2. The molecule has 0 saturated carbocycles. The number of carbonyl (C=O) groups is 1. The quantitative estimate of drug-likeness (QED) is 0.0662. The SMILES string of the molecule is COCCOCCSC[C@@H](O)[C@@H](O)C1O[C@](OP(=O)([O-])OCC2OC(n3ccc(N)nc3=O)[C@H](O)[C@@H]2O)(C(=O)[O-])C[C@@H](O)[C@H]1C. The number of nitrogens with zero attached hydrogens (tertiary/aromatic N) is 2. The molecule has 0 aliphatic carbocycles. The van der Waals surface area contributed by atoms with Crippen LogP contribution in [0.5, 0.6) is 0 Å². The number of carboxylic acid groups (broad SMARTS) is 1. The highest BCUT2D eigenvalue weighted by Crippen LogP contribution is 2.49. The molecule has 4 unspecified atom stereocenters. The number of anilines is 1. The highest BCUT2D eigenvalue weighted by molar-refractivity contribution is 7.99. The third kappa shape index (κ3) is 9.64. The van der Waals surface area contributed by atoms with E-state index in [0.29, 0.717) is 25.6 Å². The van der Waals surface area contributed by atoms with Gasteiger partial charge < -0.3 is 69.5 Å². The van der Waals surface area contributed by atoms with Crippen molar-refractivity contribution in [2.75, 3.05) is 50.8 Å². The summed E-state index contributed by atoms with van der Waals surface area (Å²) in [7, 11) is -4.17. The fourth-order valence-corrected chi connectivity index (χ4v) is 6.41. The second kappa shape index (κ2) is 16.4. The van der Waals surface area contributed by atoms with Gasteiger partial charge in [0.1, 0.15) is 36.2 Å². The van der Waals surface area contributed by atoms with Gasteiger partial charge in [-0.1, -0.05) is 6.92 Å². The van der Waals surface area contributed by atoms with E-state index in [0.717, 1.165) is 10.8 Å². The van der Waals surface area contributed by atoms with E-state index >= 15 is 0 Å². The van der Waals surface area contributed by atoms with Crippen molar-refractivity contribution in [3.05, 3.63) is 22.7 Å². The number of methoxy groups -OCH3 is 1. The number of phosphoric ester groups is 1. The zero-order chi connectivity index (χ0) is 33.5. The number of carbonyl (C=O) groups excluding carboxylic acids is 1. The molecule has 11 atom stereocenters. The lowest BCUT2D eigenvalue weighted by molar-refractivity contribution is -0.379. The highest BCUT2D eigenvalue weighted by atomic mass is 32.2. The summed E-state index contributed by atoms with van der Waals surface area (Å²) in [5.41, 5.74) is 4.50. The first-order valence-electron chi connectivity index (χ1n) is 13.7. The van der Waals surface area contributed by atoms with E-state index < -0.39 is 93.2 Å². The number of aliphatic carboxylic acids is 1. The molecule has 0 radical (unpaired) electrons. The number of thioether (sulfide) groups is 1. The van der Waals surface area contributed by atoms with Crippen molar-refractivity contribution in [3.8, 4) is 0 Å². The average molecular weight is 688 g/mol. The van der Waals surface area contributed by atoms with Gasteiger partial charge in [0.15, 0.2) is 6.23 Å². The van der Waals surface area contributed by atoms with Crippen LogP contribution in [-0.4, -0.2) is 135 Å². The number of aliphatic hydroxyl groups excluding tert-OH is 5. The minimum Gasteiger partial charge on any atom is -0.756 e. The van der Waals surface area contributed by atoms with Crippen molar-refractivity contribution in [3.63, 3.8) is 0 Å². The maximum atomic E-state index is 12.8. The van der Waals surface area contributed by atoms with Gasteiger partial charge in [0, 0.05) is 37.2 Å². The van der Waals surface area contributed by atoms with Crippen LogP contribution in [0.15, 0.2) is 17.1 Å². The van der Waals surface area contributed by atoms with Gasteiger partial charge in [0.05, 0.1) is 44.7 Å². The number of ether oxygens (including phenoxy) is 4. The number of hydrogen-bond donors (Lipinski definition) is 6. The highest BCUT2D eigenvalue weighted by Gasteiger charge is 2.52. The molecule has 0 aromatic carbocycles. The standard InChI is InChI=1S/C24H40N3O16PS/c1-12-13(28)9-24(22(33)34,42-20(12)17(30)14(29)11-45-8-7-39-6-5-38-2)43-44(36,37)40-10-15-18(31)19(32)21(41-15)27-4-3-16(25)26-23(27)35/h3-4,12-15,17-21,28-32H,5-11H2,1-2H3,(H,33,34)(H,36,37)(H2,25,26,35)/p-2/t12-,13-,14-,15?,17-,18-,19-,20?,21?,24-/m1/s1. The second-order valence-corrected chi connectivity index (χ2v) is 12.9. The monoisotopic (exact) mass is 687 g/mol. The summed E-state index contributed by atoms with van der Waals surface area (Å²) in [6.07, 6.45) is -13.0. The van der Waals surface area contributed by atoms with Crippen molar-refractivity contribution in [2.24, 2.45) is 5.92 Å². The minimum atomic E-state index is -5.70.